The van der Waals surface area contributed by atoms with E-state index >= 15 is 0 Å². The van der Waals surface area contributed by atoms with Crippen molar-refractivity contribution in [1.29, 1.82) is 0 Å². The van der Waals surface area contributed by atoms with E-state index in [1.807, 2.05) is 0 Å². The standard InChI is InChI=1S/C12H23NO/c1-11(2,3)10-12(6-4-5-7-12)14-9-8-13-10/h10,13H,4-9H2,1-3H3. The van der Waals surface area contributed by atoms with Gasteiger partial charge >= 0.3 is 0 Å². The van der Waals surface area contributed by atoms with E-state index in [-0.39, 0.29) is 5.60 Å². The van der Waals surface area contributed by atoms with Gasteiger partial charge in [0.15, 0.2) is 0 Å². The molecule has 82 valence electrons. The Bertz CT molecular complexity index is 201. The highest BCUT2D eigenvalue weighted by molar-refractivity contribution is 5.03. The molecule has 14 heavy (non-hydrogen) atoms. The van der Waals surface area contributed by atoms with Crippen LogP contribution in [-0.4, -0.2) is 24.8 Å². The number of hydrogen-bond acceptors (Lipinski definition) is 2. The molecule has 1 N–H and O–H groups in total. The molecule has 0 aromatic carbocycles. The molecule has 2 heteroatoms. The number of morpholine rings is 1. The molecule has 0 amide bonds. The maximum atomic E-state index is 6.10. The minimum absolute atomic E-state index is 0.163. The normalized spacial score (nSPS) is 32.4. The van der Waals surface area contributed by atoms with Crippen molar-refractivity contribution in [2.24, 2.45) is 5.41 Å². The third kappa shape index (κ3) is 1.70. The summed E-state index contributed by atoms with van der Waals surface area (Å²) in [6.45, 7) is 8.87. The van der Waals surface area contributed by atoms with Gasteiger partial charge in [0.25, 0.3) is 0 Å². The first-order valence-electron chi connectivity index (χ1n) is 5.92. The molecule has 0 radical (unpaired) electrons. The number of hydrogen-bond donors (Lipinski definition) is 1. The van der Waals surface area contributed by atoms with Gasteiger partial charge in [0.2, 0.25) is 0 Å². The van der Waals surface area contributed by atoms with Crippen molar-refractivity contribution >= 4 is 0 Å². The van der Waals surface area contributed by atoms with E-state index in [0.29, 0.717) is 11.5 Å². The van der Waals surface area contributed by atoms with Gasteiger partial charge in [-0.1, -0.05) is 33.6 Å². The lowest BCUT2D eigenvalue weighted by Crippen LogP contribution is -2.61. The molecule has 1 atom stereocenters. The van der Waals surface area contributed by atoms with E-state index in [4.69, 9.17) is 4.74 Å². The lowest BCUT2D eigenvalue weighted by molar-refractivity contribution is -0.117. The molecule has 0 bridgehead atoms. The van der Waals surface area contributed by atoms with E-state index in [1.165, 1.54) is 25.7 Å². The van der Waals surface area contributed by atoms with Crippen LogP contribution < -0.4 is 5.32 Å². The smallest absolute Gasteiger partial charge is 0.0840 e. The first-order chi connectivity index (χ1) is 6.55. The van der Waals surface area contributed by atoms with Crippen LogP contribution >= 0.6 is 0 Å². The van der Waals surface area contributed by atoms with Crippen LogP contribution in [0, 0.1) is 5.41 Å². The summed E-state index contributed by atoms with van der Waals surface area (Å²) in [5.41, 5.74) is 0.473. The fourth-order valence-electron chi connectivity index (χ4n) is 3.23. The SMILES string of the molecule is CC(C)(C)C1NCCOC12CCCC2. The van der Waals surface area contributed by atoms with Gasteiger partial charge in [0.1, 0.15) is 0 Å². The first-order valence-corrected chi connectivity index (χ1v) is 5.92. The lowest BCUT2D eigenvalue weighted by atomic mass is 9.74. The molecule has 1 aliphatic carbocycles. The molecule has 2 aliphatic rings. The number of ether oxygens (including phenoxy) is 1. The Morgan fingerprint density at radius 3 is 2.43 bits per heavy atom. The molecule has 0 aromatic heterocycles. The van der Waals surface area contributed by atoms with Crippen LogP contribution in [0.4, 0.5) is 0 Å². The molecule has 1 heterocycles. The van der Waals surface area contributed by atoms with Gasteiger partial charge in [-0.2, -0.15) is 0 Å². The Morgan fingerprint density at radius 2 is 1.86 bits per heavy atom. The second-order valence-corrected chi connectivity index (χ2v) is 5.87. The highest BCUT2D eigenvalue weighted by Crippen LogP contribution is 2.43. The second-order valence-electron chi connectivity index (χ2n) is 5.87. The monoisotopic (exact) mass is 197 g/mol. The Hall–Kier alpha value is -0.0800. The summed E-state index contributed by atoms with van der Waals surface area (Å²) in [4.78, 5) is 0. The zero-order valence-corrected chi connectivity index (χ0v) is 9.73. The predicted molar refractivity (Wildman–Crippen MR) is 58.4 cm³/mol. The minimum atomic E-state index is 0.163. The minimum Gasteiger partial charge on any atom is -0.372 e. The molecule has 2 rings (SSSR count). The zero-order valence-electron chi connectivity index (χ0n) is 9.73. The van der Waals surface area contributed by atoms with Crippen LogP contribution in [0.1, 0.15) is 46.5 Å². The summed E-state index contributed by atoms with van der Waals surface area (Å²) in [5.74, 6) is 0. The summed E-state index contributed by atoms with van der Waals surface area (Å²) in [6, 6.07) is 0.534. The fourth-order valence-corrected chi connectivity index (χ4v) is 3.23. The average molecular weight is 197 g/mol. The molecule has 0 aromatic rings. The van der Waals surface area contributed by atoms with Gasteiger partial charge < -0.3 is 10.1 Å². The fraction of sp³-hybridized carbons (Fsp3) is 1.00. The van der Waals surface area contributed by atoms with Gasteiger partial charge in [-0.25, -0.2) is 0 Å². The molecule has 2 fully saturated rings. The molecular formula is C12H23NO. The quantitative estimate of drug-likeness (QED) is 0.643. The summed E-state index contributed by atoms with van der Waals surface area (Å²) in [7, 11) is 0. The lowest BCUT2D eigenvalue weighted by Gasteiger charge is -2.48. The van der Waals surface area contributed by atoms with Crippen LogP contribution in [0.5, 0.6) is 0 Å². The Labute approximate surface area is 87.4 Å². The van der Waals surface area contributed by atoms with Crippen molar-refractivity contribution in [3.63, 3.8) is 0 Å². The Morgan fingerprint density at radius 1 is 1.21 bits per heavy atom. The third-order valence-corrected chi connectivity index (χ3v) is 3.68. The average Bonchev–Trinajstić information content (AvgIpc) is 2.52. The van der Waals surface area contributed by atoms with Gasteiger partial charge in [0, 0.05) is 12.6 Å². The Balaban J connectivity index is 2.19. The van der Waals surface area contributed by atoms with Gasteiger partial charge in [-0.05, 0) is 18.3 Å². The summed E-state index contributed by atoms with van der Waals surface area (Å²) < 4.78 is 6.10. The summed E-state index contributed by atoms with van der Waals surface area (Å²) in [6.07, 6.45) is 5.19. The molecule has 2 nitrogen and oxygen atoms in total. The molecule has 1 aliphatic heterocycles. The molecule has 1 saturated carbocycles. The van der Waals surface area contributed by atoms with Crippen molar-refractivity contribution in [3.8, 4) is 0 Å². The van der Waals surface area contributed by atoms with Crippen molar-refractivity contribution in [1.82, 2.24) is 5.32 Å². The van der Waals surface area contributed by atoms with Crippen molar-refractivity contribution in [3.05, 3.63) is 0 Å². The largest absolute Gasteiger partial charge is 0.372 e. The van der Waals surface area contributed by atoms with Crippen molar-refractivity contribution in [2.45, 2.75) is 58.1 Å². The van der Waals surface area contributed by atoms with E-state index in [1.54, 1.807) is 0 Å². The maximum absolute atomic E-state index is 6.10. The van der Waals surface area contributed by atoms with E-state index in [9.17, 15) is 0 Å². The van der Waals surface area contributed by atoms with Crippen LogP contribution in [0.15, 0.2) is 0 Å². The van der Waals surface area contributed by atoms with Crippen LogP contribution in [0.2, 0.25) is 0 Å². The third-order valence-electron chi connectivity index (χ3n) is 3.68. The highest BCUT2D eigenvalue weighted by Gasteiger charge is 2.48. The van der Waals surface area contributed by atoms with Crippen LogP contribution in [0.3, 0.4) is 0 Å². The molecule has 1 unspecified atom stereocenters. The molecule has 1 spiro atoms. The van der Waals surface area contributed by atoms with Crippen LogP contribution in [0.25, 0.3) is 0 Å². The summed E-state index contributed by atoms with van der Waals surface area (Å²) >= 11 is 0. The number of nitrogens with one attached hydrogen (secondary N) is 1. The zero-order chi connectivity index (χ0) is 10.2. The van der Waals surface area contributed by atoms with Gasteiger partial charge in [-0.3, -0.25) is 0 Å². The second kappa shape index (κ2) is 3.49. The number of rotatable bonds is 0. The van der Waals surface area contributed by atoms with Gasteiger partial charge in [-0.15, -0.1) is 0 Å². The van der Waals surface area contributed by atoms with E-state index in [2.05, 4.69) is 26.1 Å². The predicted octanol–water partition coefficient (Wildman–Crippen LogP) is 2.33. The van der Waals surface area contributed by atoms with E-state index < -0.39 is 0 Å². The topological polar surface area (TPSA) is 21.3 Å². The molecular weight excluding hydrogens is 174 g/mol. The highest BCUT2D eigenvalue weighted by atomic mass is 16.5. The van der Waals surface area contributed by atoms with Gasteiger partial charge in [0.05, 0.1) is 12.2 Å². The van der Waals surface area contributed by atoms with E-state index in [0.717, 1.165) is 13.2 Å². The van der Waals surface area contributed by atoms with Crippen molar-refractivity contribution < 1.29 is 4.74 Å². The van der Waals surface area contributed by atoms with Crippen LogP contribution in [-0.2, 0) is 4.74 Å². The van der Waals surface area contributed by atoms with Crippen molar-refractivity contribution in [2.75, 3.05) is 13.2 Å². The summed E-state index contributed by atoms with van der Waals surface area (Å²) in [5, 5.41) is 3.67. The first kappa shape index (κ1) is 10.4. The Kier molecular flexibility index (Phi) is 2.61. The molecule has 1 saturated heterocycles. The maximum Gasteiger partial charge on any atom is 0.0840 e.